The summed E-state index contributed by atoms with van der Waals surface area (Å²) in [6.07, 6.45) is 6.19. The Labute approximate surface area is 203 Å². The number of likely N-dealkylation sites (N-methyl/N-ethyl adjacent to an activating group) is 1. The lowest BCUT2D eigenvalue weighted by Gasteiger charge is -2.31. The third-order valence-corrected chi connectivity index (χ3v) is 6.84. The molecule has 0 unspecified atom stereocenters. The van der Waals surface area contributed by atoms with E-state index < -0.39 is 6.10 Å². The number of benzene rings is 1. The van der Waals surface area contributed by atoms with E-state index in [-0.39, 0.29) is 18.5 Å². The van der Waals surface area contributed by atoms with E-state index in [9.17, 15) is 9.90 Å². The number of nitrogens with one attached hydrogen (secondary N) is 2. The molecule has 34 heavy (non-hydrogen) atoms. The minimum absolute atomic E-state index is 0.179. The van der Waals surface area contributed by atoms with Crippen LogP contribution in [0.1, 0.15) is 36.8 Å². The highest BCUT2D eigenvalue weighted by Crippen LogP contribution is 2.24. The normalized spacial score (nSPS) is 22.7. The maximum absolute atomic E-state index is 12.7. The molecule has 1 fully saturated rings. The van der Waals surface area contributed by atoms with Crippen molar-refractivity contribution in [3.8, 4) is 0 Å². The van der Waals surface area contributed by atoms with Gasteiger partial charge in [-0.15, -0.1) is 0 Å². The summed E-state index contributed by atoms with van der Waals surface area (Å²) in [4.78, 5) is 26.0. The molecule has 0 aromatic heterocycles. The van der Waals surface area contributed by atoms with Gasteiger partial charge in [0, 0.05) is 45.3 Å². The number of aliphatic imine (C=N–C) groups is 2. The lowest BCUT2D eigenvalue weighted by molar-refractivity contribution is -0.118. The van der Waals surface area contributed by atoms with Crippen molar-refractivity contribution in [3.05, 3.63) is 47.2 Å². The highest BCUT2D eigenvalue weighted by molar-refractivity contribution is 6.04. The molecule has 1 saturated carbocycles. The van der Waals surface area contributed by atoms with E-state index >= 15 is 0 Å². The third-order valence-electron chi connectivity index (χ3n) is 6.84. The number of carbonyl (C=O) groups excluding carboxylic acids is 1. The molecule has 8 heteroatoms. The van der Waals surface area contributed by atoms with E-state index in [1.807, 2.05) is 0 Å². The van der Waals surface area contributed by atoms with Gasteiger partial charge in [0.05, 0.1) is 12.1 Å². The maximum Gasteiger partial charge on any atom is 0.267 e. The van der Waals surface area contributed by atoms with Gasteiger partial charge in [0.25, 0.3) is 5.91 Å². The first-order valence-corrected chi connectivity index (χ1v) is 12.3. The van der Waals surface area contributed by atoms with Crippen LogP contribution in [0.2, 0.25) is 0 Å². The predicted octanol–water partition coefficient (Wildman–Crippen LogP) is 1.60. The van der Waals surface area contributed by atoms with Crippen molar-refractivity contribution >= 4 is 18.5 Å². The van der Waals surface area contributed by atoms with Crippen molar-refractivity contribution in [3.63, 3.8) is 0 Å². The van der Waals surface area contributed by atoms with Gasteiger partial charge in [-0.2, -0.15) is 0 Å². The van der Waals surface area contributed by atoms with Gasteiger partial charge in [-0.1, -0.05) is 24.3 Å². The van der Waals surface area contributed by atoms with Gasteiger partial charge in [-0.3, -0.25) is 14.7 Å². The zero-order chi connectivity index (χ0) is 24.5. The number of nitrogens with zero attached hydrogens (tertiary/aromatic N) is 4. The molecule has 1 heterocycles. The minimum Gasteiger partial charge on any atom is -0.390 e. The summed E-state index contributed by atoms with van der Waals surface area (Å²) in [7, 11) is 5.93. The van der Waals surface area contributed by atoms with Gasteiger partial charge >= 0.3 is 0 Å². The first-order valence-electron chi connectivity index (χ1n) is 12.3. The standard InChI is InChI=1S/C26H40N6O2/c1-27-24(15-25(28-2)30-21-9-11-22(12-10-21)31(3)4)26(34)29-16-23(33)18-32-14-13-19-7-5-6-8-20(19)17-32/h5-8,15,21-23,27,33H,2,9-14,16-18H2,1,3-4H3,(H,29,34)/t21?,22?,23-/m0/s1. The number of amidine groups is 1. The Balaban J connectivity index is 1.49. The maximum atomic E-state index is 12.7. The summed E-state index contributed by atoms with van der Waals surface area (Å²) in [6, 6.07) is 9.23. The first-order chi connectivity index (χ1) is 16.4. The van der Waals surface area contributed by atoms with Gasteiger partial charge in [-0.05, 0) is 64.0 Å². The van der Waals surface area contributed by atoms with Crippen molar-refractivity contribution in [2.24, 2.45) is 9.98 Å². The molecule has 0 bridgehead atoms. The van der Waals surface area contributed by atoms with Crippen LogP contribution in [0.15, 0.2) is 46.0 Å². The van der Waals surface area contributed by atoms with Crippen molar-refractivity contribution in [1.82, 2.24) is 20.4 Å². The number of β-amino-alcohol motifs (C(OH)–C–C–N with tert-alkyl or cyclic N) is 1. The molecule has 0 saturated heterocycles. The lowest BCUT2D eigenvalue weighted by Crippen LogP contribution is -2.43. The second-order valence-electron chi connectivity index (χ2n) is 9.50. The average Bonchev–Trinajstić information content (AvgIpc) is 2.85. The fourth-order valence-corrected chi connectivity index (χ4v) is 4.77. The van der Waals surface area contributed by atoms with Gasteiger partial charge in [-0.25, -0.2) is 4.99 Å². The number of amides is 1. The van der Waals surface area contributed by atoms with Crippen LogP contribution in [-0.2, 0) is 17.8 Å². The second-order valence-corrected chi connectivity index (χ2v) is 9.50. The van der Waals surface area contributed by atoms with Crippen molar-refractivity contribution < 1.29 is 9.90 Å². The third kappa shape index (κ3) is 7.48. The number of rotatable bonds is 9. The average molecular weight is 469 g/mol. The lowest BCUT2D eigenvalue weighted by atomic mass is 9.91. The van der Waals surface area contributed by atoms with Crippen LogP contribution in [0.4, 0.5) is 0 Å². The van der Waals surface area contributed by atoms with Crippen molar-refractivity contribution in [2.45, 2.75) is 56.8 Å². The molecular formula is C26H40N6O2. The number of hydrogen-bond acceptors (Lipinski definition) is 6. The van der Waals surface area contributed by atoms with Crippen LogP contribution in [0.25, 0.3) is 0 Å². The highest BCUT2D eigenvalue weighted by atomic mass is 16.3. The summed E-state index contributed by atoms with van der Waals surface area (Å²) in [5.41, 5.74) is 3.04. The summed E-state index contributed by atoms with van der Waals surface area (Å²) in [6.45, 7) is 6.06. The minimum atomic E-state index is -0.648. The molecule has 3 N–H and O–H groups in total. The smallest absolute Gasteiger partial charge is 0.267 e. The summed E-state index contributed by atoms with van der Waals surface area (Å²) >= 11 is 0. The van der Waals surface area contributed by atoms with E-state index in [0.29, 0.717) is 24.1 Å². The van der Waals surface area contributed by atoms with E-state index in [2.05, 4.69) is 70.5 Å². The molecule has 1 aliphatic heterocycles. The first kappa shape index (κ1) is 26.1. The quantitative estimate of drug-likeness (QED) is 0.291. The Kier molecular flexibility index (Phi) is 9.80. The predicted molar refractivity (Wildman–Crippen MR) is 138 cm³/mol. The molecule has 1 aromatic carbocycles. The summed E-state index contributed by atoms with van der Waals surface area (Å²) < 4.78 is 0. The monoisotopic (exact) mass is 468 g/mol. The summed E-state index contributed by atoms with van der Waals surface area (Å²) in [5.74, 6) is 0.165. The zero-order valence-corrected chi connectivity index (χ0v) is 20.8. The fraction of sp³-hybridized carbons (Fsp3) is 0.577. The van der Waals surface area contributed by atoms with Crippen LogP contribution in [0.3, 0.4) is 0 Å². The Hall–Kier alpha value is -2.55. The van der Waals surface area contributed by atoms with Crippen molar-refractivity contribution in [2.75, 3.05) is 40.8 Å². The molecular weight excluding hydrogens is 428 g/mol. The number of hydrogen-bond donors (Lipinski definition) is 3. The molecule has 1 amide bonds. The Bertz CT molecular complexity index is 889. The van der Waals surface area contributed by atoms with E-state index in [1.165, 1.54) is 11.1 Å². The number of fused-ring (bicyclic) bond motifs is 1. The van der Waals surface area contributed by atoms with Crippen LogP contribution in [0, 0.1) is 0 Å². The van der Waals surface area contributed by atoms with Crippen LogP contribution < -0.4 is 10.6 Å². The number of aliphatic hydroxyl groups is 1. The Morgan fingerprint density at radius 1 is 1.26 bits per heavy atom. The zero-order valence-electron chi connectivity index (χ0n) is 20.8. The van der Waals surface area contributed by atoms with Gasteiger partial charge < -0.3 is 20.6 Å². The molecule has 1 atom stereocenters. The Morgan fingerprint density at radius 2 is 1.97 bits per heavy atom. The molecule has 0 spiro atoms. The van der Waals surface area contributed by atoms with E-state index in [1.54, 1.807) is 13.1 Å². The molecule has 186 valence electrons. The van der Waals surface area contributed by atoms with Crippen LogP contribution in [-0.4, -0.2) is 92.3 Å². The molecule has 8 nitrogen and oxygen atoms in total. The fourth-order valence-electron chi connectivity index (χ4n) is 4.77. The van der Waals surface area contributed by atoms with Crippen LogP contribution in [0.5, 0.6) is 0 Å². The number of aliphatic hydroxyl groups excluding tert-OH is 1. The second kappa shape index (κ2) is 12.8. The molecule has 3 rings (SSSR count). The van der Waals surface area contributed by atoms with Crippen molar-refractivity contribution in [1.29, 1.82) is 0 Å². The molecule has 1 aromatic rings. The largest absolute Gasteiger partial charge is 0.390 e. The number of carbonyl (C=O) groups is 1. The van der Waals surface area contributed by atoms with E-state index in [0.717, 1.165) is 45.2 Å². The topological polar surface area (TPSA) is 92.6 Å². The molecule has 1 aliphatic carbocycles. The van der Waals surface area contributed by atoms with E-state index in [4.69, 9.17) is 4.99 Å². The van der Waals surface area contributed by atoms with Gasteiger partial charge in [0.15, 0.2) is 0 Å². The Morgan fingerprint density at radius 3 is 2.62 bits per heavy atom. The van der Waals surface area contributed by atoms with Gasteiger partial charge in [0.1, 0.15) is 11.5 Å². The summed E-state index contributed by atoms with van der Waals surface area (Å²) in [5, 5.41) is 16.3. The van der Waals surface area contributed by atoms with Gasteiger partial charge in [0.2, 0.25) is 0 Å². The van der Waals surface area contributed by atoms with Crippen LogP contribution >= 0.6 is 0 Å². The molecule has 0 radical (unpaired) electrons. The SMILES string of the molecule is C=NC(C=C(NC)C(=O)NC[C@H](O)CN1CCc2ccccc2C1)=NC1CCC(N(C)C)CC1. The molecule has 2 aliphatic rings. The highest BCUT2D eigenvalue weighted by Gasteiger charge is 2.23.